The van der Waals surface area contributed by atoms with Crippen LogP contribution in [0.25, 0.3) is 6.08 Å². The largest absolute Gasteiger partial charge is 0.497 e. The first-order valence-corrected chi connectivity index (χ1v) is 6.49. The van der Waals surface area contributed by atoms with E-state index >= 15 is 0 Å². The monoisotopic (exact) mass is 279 g/mol. The predicted molar refractivity (Wildman–Crippen MR) is 75.9 cm³/mol. The third kappa shape index (κ3) is 3.02. The van der Waals surface area contributed by atoms with E-state index in [9.17, 15) is 4.39 Å². The lowest BCUT2D eigenvalue weighted by Crippen LogP contribution is -2.41. The second kappa shape index (κ2) is 5.18. The van der Waals surface area contributed by atoms with Crippen LogP contribution in [0.2, 0.25) is 0 Å². The minimum absolute atomic E-state index is 0.394. The van der Waals surface area contributed by atoms with Crippen molar-refractivity contribution in [2.45, 2.75) is 38.9 Å². The number of ether oxygens (including phenoxy) is 1. The van der Waals surface area contributed by atoms with Crippen molar-refractivity contribution in [1.29, 1.82) is 0 Å². The highest BCUT2D eigenvalue weighted by molar-refractivity contribution is 6.52. The molecular formula is C14H19BFNO3. The van der Waals surface area contributed by atoms with E-state index in [4.69, 9.17) is 14.0 Å². The average molecular weight is 279 g/mol. The molecule has 1 aliphatic heterocycles. The summed E-state index contributed by atoms with van der Waals surface area (Å²) in [6, 6.07) is 2.87. The molecule has 2 heterocycles. The van der Waals surface area contributed by atoms with E-state index < -0.39 is 24.3 Å². The quantitative estimate of drug-likeness (QED) is 0.630. The molecule has 108 valence electrons. The van der Waals surface area contributed by atoms with Gasteiger partial charge in [0.1, 0.15) is 5.75 Å². The van der Waals surface area contributed by atoms with Gasteiger partial charge in [-0.25, -0.2) is 4.98 Å². The fraction of sp³-hybridized carbons (Fsp3) is 0.500. The first kappa shape index (κ1) is 15.0. The van der Waals surface area contributed by atoms with E-state index in [1.54, 1.807) is 18.1 Å². The fourth-order valence-electron chi connectivity index (χ4n) is 1.84. The summed E-state index contributed by atoms with van der Waals surface area (Å²) in [6.45, 7) is 7.91. The van der Waals surface area contributed by atoms with Gasteiger partial charge >= 0.3 is 7.12 Å². The number of methoxy groups -OCH3 is 1. The molecule has 0 spiro atoms. The van der Waals surface area contributed by atoms with Gasteiger partial charge in [0.2, 0.25) is 5.95 Å². The zero-order valence-corrected chi connectivity index (χ0v) is 12.4. The Hall–Kier alpha value is -1.40. The molecule has 6 heteroatoms. The van der Waals surface area contributed by atoms with Gasteiger partial charge in [-0.15, -0.1) is 0 Å². The van der Waals surface area contributed by atoms with Gasteiger partial charge in [0.05, 0.1) is 24.0 Å². The molecule has 0 atom stereocenters. The van der Waals surface area contributed by atoms with Crippen LogP contribution in [0, 0.1) is 5.95 Å². The second-order valence-electron chi connectivity index (χ2n) is 5.74. The Labute approximate surface area is 119 Å². The molecule has 0 bridgehead atoms. The Kier molecular flexibility index (Phi) is 3.89. The molecule has 1 aromatic rings. The highest BCUT2D eigenvalue weighted by Crippen LogP contribution is 2.37. The summed E-state index contributed by atoms with van der Waals surface area (Å²) in [5, 5.41) is 0. The van der Waals surface area contributed by atoms with Crippen molar-refractivity contribution in [2.24, 2.45) is 0 Å². The summed E-state index contributed by atoms with van der Waals surface area (Å²) in [4.78, 5) is 3.77. The lowest BCUT2D eigenvalue weighted by Gasteiger charge is -2.32. The molecule has 0 radical (unpaired) electrons. The molecule has 0 unspecified atom stereocenters. The van der Waals surface area contributed by atoms with E-state index in [-0.39, 0.29) is 0 Å². The number of rotatable bonds is 3. The number of hydrogen-bond donors (Lipinski definition) is 0. The topological polar surface area (TPSA) is 40.6 Å². The normalized spacial score (nSPS) is 20.6. The maximum absolute atomic E-state index is 13.3. The zero-order valence-electron chi connectivity index (χ0n) is 12.4. The highest BCUT2D eigenvalue weighted by Gasteiger charge is 2.49. The molecule has 0 saturated carbocycles. The Bertz CT molecular complexity index is 515. The first-order valence-electron chi connectivity index (χ1n) is 6.49. The van der Waals surface area contributed by atoms with Crippen LogP contribution in [0.1, 0.15) is 33.4 Å². The number of nitrogens with zero attached hydrogens (tertiary/aromatic N) is 1. The Balaban J connectivity index is 2.13. The van der Waals surface area contributed by atoms with Crippen molar-refractivity contribution >= 4 is 13.2 Å². The van der Waals surface area contributed by atoms with Gasteiger partial charge in [-0.2, -0.15) is 4.39 Å². The minimum atomic E-state index is -0.585. The van der Waals surface area contributed by atoms with Crippen LogP contribution >= 0.6 is 0 Å². The third-order valence-electron chi connectivity index (χ3n) is 3.72. The van der Waals surface area contributed by atoms with Gasteiger partial charge in [0.15, 0.2) is 0 Å². The minimum Gasteiger partial charge on any atom is -0.497 e. The lowest BCUT2D eigenvalue weighted by molar-refractivity contribution is 0.00578. The second-order valence-corrected chi connectivity index (χ2v) is 5.74. The van der Waals surface area contributed by atoms with Crippen LogP contribution in [0.4, 0.5) is 4.39 Å². The molecule has 0 amide bonds. The number of halogens is 1. The van der Waals surface area contributed by atoms with Crippen LogP contribution in [0.15, 0.2) is 18.1 Å². The maximum atomic E-state index is 13.3. The highest BCUT2D eigenvalue weighted by atomic mass is 19.1. The van der Waals surface area contributed by atoms with Crippen molar-refractivity contribution in [3.63, 3.8) is 0 Å². The van der Waals surface area contributed by atoms with Crippen molar-refractivity contribution in [3.8, 4) is 5.75 Å². The van der Waals surface area contributed by atoms with Gasteiger partial charge in [-0.3, -0.25) is 0 Å². The Morgan fingerprint density at radius 2 is 1.80 bits per heavy atom. The van der Waals surface area contributed by atoms with Crippen molar-refractivity contribution < 1.29 is 18.4 Å². The van der Waals surface area contributed by atoms with Gasteiger partial charge in [-0.05, 0) is 33.8 Å². The van der Waals surface area contributed by atoms with Gasteiger partial charge in [0.25, 0.3) is 0 Å². The van der Waals surface area contributed by atoms with Crippen molar-refractivity contribution in [2.75, 3.05) is 7.11 Å². The van der Waals surface area contributed by atoms with E-state index in [1.165, 1.54) is 13.2 Å². The van der Waals surface area contributed by atoms with Gasteiger partial charge in [-0.1, -0.05) is 5.98 Å². The van der Waals surface area contributed by atoms with Crippen LogP contribution in [-0.4, -0.2) is 30.4 Å². The smallest absolute Gasteiger partial charge is 0.487 e. The summed E-state index contributed by atoms with van der Waals surface area (Å²) in [6.07, 6.45) is 1.66. The molecule has 1 fully saturated rings. The first-order chi connectivity index (χ1) is 9.23. The summed E-state index contributed by atoms with van der Waals surface area (Å²) in [7, 11) is 1.01. The zero-order chi connectivity index (χ0) is 15.0. The summed E-state index contributed by atoms with van der Waals surface area (Å²) in [5.74, 6) is 1.56. The molecule has 0 N–H and O–H groups in total. The lowest BCUT2D eigenvalue weighted by atomic mass is 9.89. The van der Waals surface area contributed by atoms with Crippen LogP contribution < -0.4 is 4.74 Å². The van der Waals surface area contributed by atoms with E-state index in [1.807, 2.05) is 27.7 Å². The number of pyridine rings is 1. The van der Waals surface area contributed by atoms with Gasteiger partial charge in [0, 0.05) is 12.1 Å². The van der Waals surface area contributed by atoms with Crippen LogP contribution in [0.5, 0.6) is 5.75 Å². The van der Waals surface area contributed by atoms with Gasteiger partial charge < -0.3 is 14.0 Å². The fourth-order valence-corrected chi connectivity index (χ4v) is 1.84. The van der Waals surface area contributed by atoms with E-state index in [2.05, 4.69) is 4.98 Å². The molecule has 0 aromatic carbocycles. The summed E-state index contributed by atoms with van der Waals surface area (Å²) < 4.78 is 29.9. The molecule has 2 rings (SSSR count). The molecule has 4 nitrogen and oxygen atoms in total. The third-order valence-corrected chi connectivity index (χ3v) is 3.72. The van der Waals surface area contributed by atoms with Crippen molar-refractivity contribution in [1.82, 2.24) is 4.98 Å². The number of aromatic nitrogens is 1. The summed E-state index contributed by atoms with van der Waals surface area (Å²) >= 11 is 0. The maximum Gasteiger partial charge on any atom is 0.487 e. The van der Waals surface area contributed by atoms with E-state index in [0.29, 0.717) is 11.4 Å². The molecule has 1 saturated heterocycles. The predicted octanol–water partition coefficient (Wildman–Crippen LogP) is 2.87. The van der Waals surface area contributed by atoms with Crippen molar-refractivity contribution in [3.05, 3.63) is 29.7 Å². The SMILES string of the molecule is COc1cc(F)nc(/C=C/B2OC(C)(C)C(C)(C)O2)c1. The molecule has 1 aliphatic rings. The average Bonchev–Trinajstić information content (AvgIpc) is 2.54. The van der Waals surface area contributed by atoms with Crippen LogP contribution in [-0.2, 0) is 9.31 Å². The standard InChI is InChI=1S/C14H19BFNO3/c1-13(2)14(3,4)20-15(19-13)7-6-10-8-11(18-5)9-12(16)17-10/h6-9H,1-5H3/b7-6+. The van der Waals surface area contributed by atoms with Crippen LogP contribution in [0.3, 0.4) is 0 Å². The molecular weight excluding hydrogens is 260 g/mol. The molecule has 20 heavy (non-hydrogen) atoms. The molecule has 0 aliphatic carbocycles. The Morgan fingerprint density at radius 1 is 1.20 bits per heavy atom. The Morgan fingerprint density at radius 3 is 2.35 bits per heavy atom. The summed E-state index contributed by atoms with van der Waals surface area (Å²) in [5.41, 5.74) is -0.332. The number of hydrogen-bond acceptors (Lipinski definition) is 4. The molecule has 1 aromatic heterocycles. The van der Waals surface area contributed by atoms with E-state index in [0.717, 1.165) is 0 Å².